The third-order valence-electron chi connectivity index (χ3n) is 5.07. The summed E-state index contributed by atoms with van der Waals surface area (Å²) in [7, 11) is 0. The van der Waals surface area contributed by atoms with Crippen molar-refractivity contribution in [2.24, 2.45) is 0 Å². The lowest BCUT2D eigenvalue weighted by molar-refractivity contribution is -0.140. The normalized spacial score (nSPS) is 14.9. The number of carbonyl (C=O) groups excluding carboxylic acids is 2. The standard InChI is InChI=1S/C23H30N2O5S2/c1-3-5-7-11-24(12-8-6-4-2)21(29)17-13-16(9-10-18(17)26)14-19-22(30)25(15-20(27)28)23(31)32-19/h9-10,13-14,26H,3-8,11-12,15H2,1-2H3,(H,27,28)/b19-14-. The van der Waals surface area contributed by atoms with Crippen LogP contribution in [0.4, 0.5) is 0 Å². The molecule has 0 unspecified atom stereocenters. The summed E-state index contributed by atoms with van der Waals surface area (Å²) in [4.78, 5) is 39.8. The van der Waals surface area contributed by atoms with Crippen molar-refractivity contribution in [3.05, 3.63) is 34.2 Å². The maximum atomic E-state index is 13.2. The molecule has 2 rings (SSSR count). The predicted molar refractivity (Wildman–Crippen MR) is 131 cm³/mol. The number of aliphatic carboxylic acids is 1. The van der Waals surface area contributed by atoms with E-state index in [2.05, 4.69) is 13.8 Å². The Morgan fingerprint density at radius 2 is 1.75 bits per heavy atom. The van der Waals surface area contributed by atoms with Crippen LogP contribution in [0.5, 0.6) is 5.75 Å². The molecule has 1 heterocycles. The first-order chi connectivity index (χ1) is 15.3. The maximum absolute atomic E-state index is 13.2. The number of unbranched alkanes of at least 4 members (excludes halogenated alkanes) is 4. The van der Waals surface area contributed by atoms with Crippen molar-refractivity contribution >= 4 is 52.2 Å². The van der Waals surface area contributed by atoms with Crippen molar-refractivity contribution in [3.8, 4) is 5.75 Å². The highest BCUT2D eigenvalue weighted by atomic mass is 32.2. The highest BCUT2D eigenvalue weighted by molar-refractivity contribution is 8.26. The van der Waals surface area contributed by atoms with E-state index >= 15 is 0 Å². The molecule has 7 nitrogen and oxygen atoms in total. The predicted octanol–water partition coefficient (Wildman–Crippen LogP) is 4.50. The largest absolute Gasteiger partial charge is 0.507 e. The first-order valence-electron chi connectivity index (χ1n) is 10.9. The third kappa shape index (κ3) is 7.06. The molecule has 0 saturated carbocycles. The number of amides is 2. The van der Waals surface area contributed by atoms with Gasteiger partial charge >= 0.3 is 5.97 Å². The quantitative estimate of drug-likeness (QED) is 0.259. The number of phenolic OH excluding ortho intramolecular Hbond substituents is 1. The summed E-state index contributed by atoms with van der Waals surface area (Å²) in [5.41, 5.74) is 0.747. The van der Waals surface area contributed by atoms with Crippen molar-refractivity contribution in [2.75, 3.05) is 19.6 Å². The van der Waals surface area contributed by atoms with E-state index in [0.29, 0.717) is 18.7 Å². The molecule has 0 bridgehead atoms. The van der Waals surface area contributed by atoms with E-state index in [1.54, 1.807) is 23.1 Å². The highest BCUT2D eigenvalue weighted by Crippen LogP contribution is 2.33. The van der Waals surface area contributed by atoms with Crippen LogP contribution in [0, 0.1) is 0 Å². The molecule has 0 aromatic heterocycles. The lowest BCUT2D eigenvalue weighted by atomic mass is 10.1. The summed E-state index contributed by atoms with van der Waals surface area (Å²) in [5.74, 6) is -1.97. The van der Waals surface area contributed by atoms with Gasteiger partial charge in [-0.15, -0.1) is 0 Å². The van der Waals surface area contributed by atoms with Crippen molar-refractivity contribution in [1.29, 1.82) is 0 Å². The van der Waals surface area contributed by atoms with Crippen LogP contribution in [-0.2, 0) is 9.59 Å². The van der Waals surface area contributed by atoms with E-state index in [-0.39, 0.29) is 26.4 Å². The third-order valence-corrected chi connectivity index (χ3v) is 6.44. The average Bonchev–Trinajstić information content (AvgIpc) is 3.00. The number of aromatic hydroxyl groups is 1. The SMILES string of the molecule is CCCCCN(CCCCC)C(=O)c1cc(/C=C2\SC(=S)N(CC(=O)O)C2=O)ccc1O. The number of carbonyl (C=O) groups is 3. The first-order valence-corrected chi connectivity index (χ1v) is 12.1. The van der Waals surface area contributed by atoms with Crippen molar-refractivity contribution < 1.29 is 24.6 Å². The Morgan fingerprint density at radius 3 is 2.31 bits per heavy atom. The zero-order valence-electron chi connectivity index (χ0n) is 18.5. The van der Waals surface area contributed by atoms with Crippen LogP contribution >= 0.6 is 24.0 Å². The van der Waals surface area contributed by atoms with E-state index in [1.165, 1.54) is 6.07 Å². The zero-order valence-corrected chi connectivity index (χ0v) is 20.1. The van der Waals surface area contributed by atoms with E-state index in [0.717, 1.165) is 55.2 Å². The molecule has 2 amide bonds. The Labute approximate surface area is 198 Å². The van der Waals surface area contributed by atoms with Gasteiger partial charge in [-0.05, 0) is 36.6 Å². The fourth-order valence-electron chi connectivity index (χ4n) is 3.33. The summed E-state index contributed by atoms with van der Waals surface area (Å²) >= 11 is 6.13. The van der Waals surface area contributed by atoms with Crippen LogP contribution in [0.3, 0.4) is 0 Å². The number of thiocarbonyl (C=S) groups is 1. The van der Waals surface area contributed by atoms with Crippen molar-refractivity contribution in [2.45, 2.75) is 52.4 Å². The molecule has 1 fully saturated rings. The molecule has 1 aliphatic heterocycles. The van der Waals surface area contributed by atoms with Crippen LogP contribution < -0.4 is 0 Å². The van der Waals surface area contributed by atoms with Crippen LogP contribution in [0.15, 0.2) is 23.1 Å². The molecule has 0 atom stereocenters. The molecule has 174 valence electrons. The van der Waals surface area contributed by atoms with Gasteiger partial charge in [-0.3, -0.25) is 19.3 Å². The molecule has 9 heteroatoms. The van der Waals surface area contributed by atoms with Gasteiger partial charge < -0.3 is 15.1 Å². The average molecular weight is 479 g/mol. The molecule has 1 aliphatic rings. The van der Waals surface area contributed by atoms with Gasteiger partial charge in [-0.25, -0.2) is 0 Å². The van der Waals surface area contributed by atoms with Gasteiger partial charge in [0, 0.05) is 13.1 Å². The molecular weight excluding hydrogens is 448 g/mol. The summed E-state index contributed by atoms with van der Waals surface area (Å²) in [6.07, 6.45) is 7.54. The minimum Gasteiger partial charge on any atom is -0.507 e. The van der Waals surface area contributed by atoms with Gasteiger partial charge in [0.15, 0.2) is 0 Å². The Morgan fingerprint density at radius 1 is 1.12 bits per heavy atom. The number of rotatable bonds is 12. The summed E-state index contributed by atoms with van der Waals surface area (Å²) in [6, 6.07) is 4.61. The van der Waals surface area contributed by atoms with Gasteiger partial charge in [-0.1, -0.05) is 69.6 Å². The molecule has 0 radical (unpaired) electrons. The Balaban J connectivity index is 2.25. The molecule has 1 saturated heterocycles. The fourth-order valence-corrected chi connectivity index (χ4v) is 4.58. The van der Waals surface area contributed by atoms with Gasteiger partial charge in [0.25, 0.3) is 11.8 Å². The summed E-state index contributed by atoms with van der Waals surface area (Å²) < 4.78 is 0.178. The van der Waals surface area contributed by atoms with Gasteiger partial charge in [0.2, 0.25) is 0 Å². The van der Waals surface area contributed by atoms with Crippen LogP contribution in [0.25, 0.3) is 6.08 Å². The Hall–Kier alpha value is -2.39. The van der Waals surface area contributed by atoms with E-state index in [9.17, 15) is 19.5 Å². The maximum Gasteiger partial charge on any atom is 0.323 e. The van der Waals surface area contributed by atoms with E-state index in [1.807, 2.05) is 0 Å². The minimum atomic E-state index is -1.15. The highest BCUT2D eigenvalue weighted by Gasteiger charge is 2.33. The second kappa shape index (κ2) is 12.6. The number of hydrogen-bond donors (Lipinski definition) is 2. The minimum absolute atomic E-state index is 0.110. The summed E-state index contributed by atoms with van der Waals surface area (Å²) in [6.45, 7) is 4.99. The molecular formula is C23H30N2O5S2. The summed E-state index contributed by atoms with van der Waals surface area (Å²) in [5, 5.41) is 19.3. The van der Waals surface area contributed by atoms with Crippen LogP contribution in [0.1, 0.15) is 68.3 Å². The number of nitrogens with zero attached hydrogens (tertiary/aromatic N) is 2. The zero-order chi connectivity index (χ0) is 23.7. The molecule has 32 heavy (non-hydrogen) atoms. The van der Waals surface area contributed by atoms with Gasteiger partial charge in [0.1, 0.15) is 16.6 Å². The number of hydrogen-bond acceptors (Lipinski definition) is 6. The first kappa shape index (κ1) is 25.9. The lowest BCUT2D eigenvalue weighted by Gasteiger charge is -2.23. The smallest absolute Gasteiger partial charge is 0.323 e. The number of thioether (sulfide) groups is 1. The molecule has 1 aromatic rings. The van der Waals surface area contributed by atoms with Crippen molar-refractivity contribution in [3.63, 3.8) is 0 Å². The van der Waals surface area contributed by atoms with Gasteiger partial charge in [0.05, 0.1) is 10.5 Å². The topological polar surface area (TPSA) is 98.2 Å². The molecule has 1 aromatic carbocycles. The van der Waals surface area contributed by atoms with Crippen LogP contribution in [0.2, 0.25) is 0 Å². The Bertz CT molecular complexity index is 890. The number of carboxylic acid groups (broad SMARTS) is 1. The second-order valence-electron chi connectivity index (χ2n) is 7.64. The van der Waals surface area contributed by atoms with Crippen LogP contribution in [-0.4, -0.2) is 61.8 Å². The molecule has 0 aliphatic carbocycles. The molecule has 0 spiro atoms. The second-order valence-corrected chi connectivity index (χ2v) is 9.32. The van der Waals surface area contributed by atoms with Gasteiger partial charge in [-0.2, -0.15) is 0 Å². The van der Waals surface area contributed by atoms with E-state index in [4.69, 9.17) is 17.3 Å². The number of carboxylic acids is 1. The monoisotopic (exact) mass is 478 g/mol. The molecule has 2 N–H and O–H groups in total. The lowest BCUT2D eigenvalue weighted by Crippen LogP contribution is -2.33. The number of benzene rings is 1. The van der Waals surface area contributed by atoms with Crippen molar-refractivity contribution in [1.82, 2.24) is 9.80 Å². The fraction of sp³-hybridized carbons (Fsp3) is 0.478. The number of phenols is 1. The Kier molecular flexibility index (Phi) is 10.2. The van der Waals surface area contributed by atoms with E-state index < -0.39 is 18.4 Å².